The zero-order valence-corrected chi connectivity index (χ0v) is 37.6. The van der Waals surface area contributed by atoms with Gasteiger partial charge in [-0.3, -0.25) is 14.4 Å². The summed E-state index contributed by atoms with van der Waals surface area (Å²) in [5, 5.41) is 0. The minimum Gasteiger partial charge on any atom is -0.462 e. The molecular weight excluding hydrogens is 709 g/mol. The molecule has 6 heteroatoms. The molecule has 0 saturated heterocycles. The Labute approximate surface area is 352 Å². The topological polar surface area (TPSA) is 78.9 Å². The highest BCUT2D eigenvalue weighted by Crippen LogP contribution is 2.15. The van der Waals surface area contributed by atoms with Crippen LogP contribution >= 0.6 is 0 Å². The zero-order chi connectivity index (χ0) is 41.5. The van der Waals surface area contributed by atoms with Gasteiger partial charge in [0.2, 0.25) is 0 Å². The van der Waals surface area contributed by atoms with Gasteiger partial charge in [0.25, 0.3) is 0 Å². The lowest BCUT2D eigenvalue weighted by Gasteiger charge is -2.18. The number of carbonyl (C=O) groups excluding carboxylic acids is 3. The van der Waals surface area contributed by atoms with Crippen LogP contribution in [0.15, 0.2) is 48.6 Å². The van der Waals surface area contributed by atoms with Crippen LogP contribution in [0.3, 0.4) is 0 Å². The Bertz CT molecular complexity index is 1010. The van der Waals surface area contributed by atoms with Gasteiger partial charge in [0.05, 0.1) is 0 Å². The molecule has 0 spiro atoms. The Balaban J connectivity index is 4.31. The van der Waals surface area contributed by atoms with E-state index in [1.807, 2.05) is 0 Å². The molecule has 0 rings (SSSR count). The maximum absolute atomic E-state index is 12.7. The summed E-state index contributed by atoms with van der Waals surface area (Å²) in [5.41, 5.74) is 0. The van der Waals surface area contributed by atoms with Crippen molar-refractivity contribution in [3.05, 3.63) is 48.6 Å². The van der Waals surface area contributed by atoms with E-state index in [4.69, 9.17) is 14.2 Å². The molecule has 0 aromatic carbocycles. The lowest BCUT2D eigenvalue weighted by atomic mass is 10.1. The van der Waals surface area contributed by atoms with Crippen LogP contribution in [-0.4, -0.2) is 37.2 Å². The maximum atomic E-state index is 12.7. The molecule has 0 aliphatic heterocycles. The molecule has 0 heterocycles. The second-order valence-electron chi connectivity index (χ2n) is 16.0. The first kappa shape index (κ1) is 54.4. The second kappa shape index (κ2) is 46.1. The van der Waals surface area contributed by atoms with Gasteiger partial charge in [-0.05, 0) is 57.8 Å². The van der Waals surface area contributed by atoms with Crippen LogP contribution in [0.4, 0.5) is 0 Å². The van der Waals surface area contributed by atoms with E-state index in [1.165, 1.54) is 109 Å². The largest absolute Gasteiger partial charge is 0.462 e. The summed E-state index contributed by atoms with van der Waals surface area (Å²) in [4.78, 5) is 37.7. The van der Waals surface area contributed by atoms with E-state index < -0.39 is 6.10 Å². The molecule has 0 aliphatic carbocycles. The van der Waals surface area contributed by atoms with Crippen LogP contribution in [0.5, 0.6) is 0 Å². The monoisotopic (exact) mass is 799 g/mol. The van der Waals surface area contributed by atoms with E-state index in [-0.39, 0.29) is 31.1 Å². The Kier molecular flexibility index (Phi) is 43.9. The standard InChI is InChI=1S/C51H90O6/c1-4-7-10-13-16-19-21-22-23-24-25-26-27-28-30-32-35-38-41-44-50(53)56-47-48(46-55-49(52)43-40-37-34-31-18-15-12-9-6-3)57-51(54)45-42-39-36-33-29-20-17-14-11-8-5-2/h7,10,16,19,22-23,25-26,48H,4-6,8-9,11-15,17-18,20-21,24,27-47H2,1-3H3/b10-7-,19-16-,23-22-,26-25-. The molecule has 0 aliphatic rings. The molecule has 0 bridgehead atoms. The summed E-state index contributed by atoms with van der Waals surface area (Å²) in [6.45, 7) is 6.49. The van der Waals surface area contributed by atoms with Crippen molar-refractivity contribution in [2.75, 3.05) is 13.2 Å². The van der Waals surface area contributed by atoms with E-state index in [0.29, 0.717) is 19.3 Å². The number of hydrogen-bond acceptors (Lipinski definition) is 6. The van der Waals surface area contributed by atoms with Crippen LogP contribution in [0.25, 0.3) is 0 Å². The van der Waals surface area contributed by atoms with E-state index in [0.717, 1.165) is 89.9 Å². The highest BCUT2D eigenvalue weighted by atomic mass is 16.6. The van der Waals surface area contributed by atoms with E-state index in [1.54, 1.807) is 0 Å². The normalized spacial score (nSPS) is 12.4. The van der Waals surface area contributed by atoms with Crippen LogP contribution in [0.2, 0.25) is 0 Å². The van der Waals surface area contributed by atoms with Gasteiger partial charge in [0, 0.05) is 19.3 Å². The predicted octanol–water partition coefficient (Wildman–Crippen LogP) is 15.5. The Morgan fingerprint density at radius 1 is 0.368 bits per heavy atom. The van der Waals surface area contributed by atoms with Gasteiger partial charge in [0.1, 0.15) is 13.2 Å². The van der Waals surface area contributed by atoms with Crippen molar-refractivity contribution in [1.29, 1.82) is 0 Å². The van der Waals surface area contributed by atoms with Crippen molar-refractivity contribution in [1.82, 2.24) is 0 Å². The molecule has 0 aromatic heterocycles. The van der Waals surface area contributed by atoms with Crippen molar-refractivity contribution < 1.29 is 28.6 Å². The Morgan fingerprint density at radius 3 is 1.07 bits per heavy atom. The van der Waals surface area contributed by atoms with Gasteiger partial charge in [-0.2, -0.15) is 0 Å². The molecule has 0 aromatic rings. The number of unbranched alkanes of at least 4 members (excludes halogenated alkanes) is 24. The van der Waals surface area contributed by atoms with Crippen LogP contribution < -0.4 is 0 Å². The molecule has 0 amide bonds. The van der Waals surface area contributed by atoms with Gasteiger partial charge in [-0.25, -0.2) is 0 Å². The molecule has 330 valence electrons. The van der Waals surface area contributed by atoms with Crippen molar-refractivity contribution in [2.45, 2.75) is 245 Å². The molecule has 0 saturated carbocycles. The predicted molar refractivity (Wildman–Crippen MR) is 242 cm³/mol. The van der Waals surface area contributed by atoms with Gasteiger partial charge < -0.3 is 14.2 Å². The van der Waals surface area contributed by atoms with Crippen LogP contribution in [0, 0.1) is 0 Å². The lowest BCUT2D eigenvalue weighted by Crippen LogP contribution is -2.30. The third-order valence-electron chi connectivity index (χ3n) is 10.3. The summed E-state index contributed by atoms with van der Waals surface area (Å²) >= 11 is 0. The molecule has 1 unspecified atom stereocenters. The van der Waals surface area contributed by atoms with Gasteiger partial charge in [-0.15, -0.1) is 0 Å². The Hall–Kier alpha value is -2.63. The second-order valence-corrected chi connectivity index (χ2v) is 16.0. The average Bonchev–Trinajstić information content (AvgIpc) is 3.21. The molecule has 1 atom stereocenters. The molecular formula is C51H90O6. The Morgan fingerprint density at radius 2 is 0.684 bits per heavy atom. The van der Waals surface area contributed by atoms with Crippen LogP contribution in [0.1, 0.15) is 239 Å². The fourth-order valence-corrected chi connectivity index (χ4v) is 6.73. The smallest absolute Gasteiger partial charge is 0.306 e. The highest BCUT2D eigenvalue weighted by Gasteiger charge is 2.19. The summed E-state index contributed by atoms with van der Waals surface area (Å²) in [5.74, 6) is -0.889. The van der Waals surface area contributed by atoms with Crippen molar-refractivity contribution in [3.8, 4) is 0 Å². The number of hydrogen-bond donors (Lipinski definition) is 0. The lowest BCUT2D eigenvalue weighted by molar-refractivity contribution is -0.167. The molecule has 0 N–H and O–H groups in total. The van der Waals surface area contributed by atoms with Crippen LogP contribution in [-0.2, 0) is 28.6 Å². The number of esters is 3. The van der Waals surface area contributed by atoms with Crippen molar-refractivity contribution >= 4 is 17.9 Å². The zero-order valence-electron chi connectivity index (χ0n) is 37.6. The van der Waals surface area contributed by atoms with E-state index in [2.05, 4.69) is 69.4 Å². The average molecular weight is 799 g/mol. The first-order valence-corrected chi connectivity index (χ1v) is 24.1. The summed E-state index contributed by atoms with van der Waals surface area (Å²) in [6, 6.07) is 0. The summed E-state index contributed by atoms with van der Waals surface area (Å²) < 4.78 is 16.7. The van der Waals surface area contributed by atoms with Gasteiger partial charge >= 0.3 is 17.9 Å². The number of ether oxygens (including phenoxy) is 3. The molecule has 6 nitrogen and oxygen atoms in total. The number of carbonyl (C=O) groups is 3. The molecule has 57 heavy (non-hydrogen) atoms. The van der Waals surface area contributed by atoms with Crippen molar-refractivity contribution in [2.24, 2.45) is 0 Å². The molecule has 0 radical (unpaired) electrons. The number of allylic oxidation sites excluding steroid dienone is 8. The van der Waals surface area contributed by atoms with E-state index in [9.17, 15) is 14.4 Å². The fraction of sp³-hybridized carbons (Fsp3) is 0.784. The fourth-order valence-electron chi connectivity index (χ4n) is 6.73. The maximum Gasteiger partial charge on any atom is 0.306 e. The van der Waals surface area contributed by atoms with Gasteiger partial charge in [0.15, 0.2) is 6.10 Å². The SMILES string of the molecule is CC/C=C\C/C=C\C/C=C\C/C=C\CCCCCCCCC(=O)OCC(COC(=O)CCCCCCCCCCC)OC(=O)CCCCCCCCCCCCC. The van der Waals surface area contributed by atoms with Crippen molar-refractivity contribution in [3.63, 3.8) is 0 Å². The summed E-state index contributed by atoms with van der Waals surface area (Å²) in [7, 11) is 0. The van der Waals surface area contributed by atoms with E-state index >= 15 is 0 Å². The quantitative estimate of drug-likeness (QED) is 0.0265. The third kappa shape index (κ3) is 44.3. The number of rotatable bonds is 43. The highest BCUT2D eigenvalue weighted by molar-refractivity contribution is 5.71. The minimum absolute atomic E-state index is 0.0749. The first-order valence-electron chi connectivity index (χ1n) is 24.1. The summed E-state index contributed by atoms with van der Waals surface area (Å²) in [6.07, 6.45) is 53.8. The van der Waals surface area contributed by atoms with Gasteiger partial charge in [-0.1, -0.05) is 211 Å². The molecule has 0 fully saturated rings. The third-order valence-corrected chi connectivity index (χ3v) is 10.3. The first-order chi connectivity index (χ1) is 28.0. The minimum atomic E-state index is -0.772.